The Labute approximate surface area is 95.1 Å². The van der Waals surface area contributed by atoms with Crippen LogP contribution in [0.15, 0.2) is 0 Å². The van der Waals surface area contributed by atoms with Gasteiger partial charge in [-0.1, -0.05) is 0 Å². The van der Waals surface area contributed by atoms with Crippen LogP contribution in [0.25, 0.3) is 0 Å². The second-order valence-electron chi connectivity index (χ2n) is 3.74. The number of ether oxygens (including phenoxy) is 1. The molecule has 1 aliphatic rings. The molecule has 0 aliphatic carbocycles. The van der Waals surface area contributed by atoms with Gasteiger partial charge in [0.1, 0.15) is 30.5 Å². The Bertz CT molecular complexity index is 282. The Morgan fingerprint density at radius 3 is 1.94 bits per heavy atom. The van der Waals surface area contributed by atoms with Crippen LogP contribution in [-0.2, 0) is 9.53 Å². The summed E-state index contributed by atoms with van der Waals surface area (Å²) in [5, 5.41) is 63.6. The maximum absolute atomic E-state index is 10.3. The highest BCUT2D eigenvalue weighted by Crippen LogP contribution is 2.24. The number of aliphatic hydroxyl groups is 6. The molecule has 1 fully saturated rings. The Kier molecular flexibility index (Phi) is 4.38. The summed E-state index contributed by atoms with van der Waals surface area (Å²) >= 11 is 0. The van der Waals surface area contributed by atoms with Crippen LogP contribution >= 0.6 is 0 Å². The molecule has 7 atom stereocenters. The van der Waals surface area contributed by atoms with Gasteiger partial charge < -0.3 is 40.5 Å². The lowest BCUT2D eigenvalue weighted by atomic mass is 9.98. The van der Waals surface area contributed by atoms with E-state index in [1.54, 1.807) is 0 Å². The lowest BCUT2D eigenvalue weighted by molar-refractivity contribution is -0.181. The molecular weight excluding hydrogens is 240 g/mol. The van der Waals surface area contributed by atoms with E-state index < -0.39 is 48.9 Å². The summed E-state index contributed by atoms with van der Waals surface area (Å²) in [7, 11) is 0. The predicted molar refractivity (Wildman–Crippen MR) is 48.5 cm³/mol. The maximum Gasteiger partial charge on any atom is 0.335 e. The largest absolute Gasteiger partial charge is 0.479 e. The minimum Gasteiger partial charge on any atom is -0.479 e. The zero-order valence-electron chi connectivity index (χ0n) is 8.49. The van der Waals surface area contributed by atoms with Gasteiger partial charge >= 0.3 is 5.97 Å². The fourth-order valence-corrected chi connectivity index (χ4v) is 1.49. The van der Waals surface area contributed by atoms with Crippen LogP contribution in [0.1, 0.15) is 0 Å². The number of hydrogen-bond acceptors (Lipinski definition) is 8. The molecule has 9 heteroatoms. The minimum absolute atomic E-state index is 1.61. The number of carboxylic acids is 1. The summed E-state index contributed by atoms with van der Waals surface area (Å²) in [6, 6.07) is 0. The van der Waals surface area contributed by atoms with Crippen molar-refractivity contribution in [2.75, 3.05) is 0 Å². The number of carboxylic acid groups (broad SMARTS) is 1. The summed E-state index contributed by atoms with van der Waals surface area (Å²) in [6.07, 6.45) is -13.2. The van der Waals surface area contributed by atoms with E-state index in [0.717, 1.165) is 0 Å². The zero-order chi connectivity index (χ0) is 13.3. The van der Waals surface area contributed by atoms with Gasteiger partial charge in [-0.05, 0) is 0 Å². The smallest absolute Gasteiger partial charge is 0.335 e. The fourth-order valence-electron chi connectivity index (χ4n) is 1.49. The Morgan fingerprint density at radius 2 is 1.59 bits per heavy atom. The van der Waals surface area contributed by atoms with E-state index in [0.29, 0.717) is 0 Å². The van der Waals surface area contributed by atoms with Gasteiger partial charge in [0, 0.05) is 0 Å². The number of rotatable bonds is 4. The molecule has 0 aromatic heterocycles. The molecule has 1 aliphatic heterocycles. The van der Waals surface area contributed by atoms with E-state index in [4.69, 9.17) is 20.4 Å². The van der Waals surface area contributed by atoms with Gasteiger partial charge in [0.15, 0.2) is 12.4 Å². The first-order chi connectivity index (χ1) is 7.77. The maximum atomic E-state index is 10.3. The first-order valence-corrected chi connectivity index (χ1v) is 4.74. The zero-order valence-corrected chi connectivity index (χ0v) is 8.49. The summed E-state index contributed by atoms with van der Waals surface area (Å²) < 4.78 is 4.54. The van der Waals surface area contributed by atoms with Crippen molar-refractivity contribution in [3.8, 4) is 0 Å². The van der Waals surface area contributed by atoms with E-state index in [-0.39, 0.29) is 0 Å². The third-order valence-electron chi connectivity index (χ3n) is 2.54. The van der Waals surface area contributed by atoms with Crippen LogP contribution in [0.3, 0.4) is 0 Å². The van der Waals surface area contributed by atoms with Crippen molar-refractivity contribution in [2.24, 2.45) is 0 Å². The third kappa shape index (κ3) is 2.72. The molecule has 1 unspecified atom stereocenters. The second-order valence-corrected chi connectivity index (χ2v) is 3.74. The van der Waals surface area contributed by atoms with Gasteiger partial charge in [-0.3, -0.25) is 0 Å². The molecule has 0 radical (unpaired) electrons. The molecule has 0 bridgehead atoms. The molecule has 0 aromatic carbocycles. The van der Waals surface area contributed by atoms with Crippen molar-refractivity contribution in [3.05, 3.63) is 0 Å². The Balaban J connectivity index is 2.70. The van der Waals surface area contributed by atoms with Crippen molar-refractivity contribution in [1.29, 1.82) is 0 Å². The van der Waals surface area contributed by atoms with Crippen molar-refractivity contribution in [1.82, 2.24) is 0 Å². The van der Waals surface area contributed by atoms with Crippen molar-refractivity contribution >= 4 is 5.97 Å². The molecule has 17 heavy (non-hydrogen) atoms. The van der Waals surface area contributed by atoms with Crippen LogP contribution < -0.4 is 0 Å². The Hall–Kier alpha value is -0.810. The lowest BCUT2D eigenvalue weighted by Crippen LogP contribution is -2.51. The van der Waals surface area contributed by atoms with Crippen LogP contribution in [0.5, 0.6) is 0 Å². The lowest BCUT2D eigenvalue weighted by Gasteiger charge is -2.26. The summed E-state index contributed by atoms with van der Waals surface area (Å²) in [6.45, 7) is 0. The first kappa shape index (κ1) is 14.3. The topological polar surface area (TPSA) is 168 Å². The van der Waals surface area contributed by atoms with Crippen molar-refractivity contribution < 1.29 is 45.3 Å². The van der Waals surface area contributed by atoms with Gasteiger partial charge in [-0.15, -0.1) is 0 Å². The average molecular weight is 254 g/mol. The van der Waals surface area contributed by atoms with Gasteiger partial charge in [-0.2, -0.15) is 0 Å². The molecule has 1 heterocycles. The van der Waals surface area contributed by atoms with Gasteiger partial charge in [0.25, 0.3) is 0 Å². The number of aliphatic carboxylic acids is 1. The second kappa shape index (κ2) is 5.23. The first-order valence-electron chi connectivity index (χ1n) is 4.74. The van der Waals surface area contributed by atoms with Gasteiger partial charge in [-0.25, -0.2) is 4.79 Å². The van der Waals surface area contributed by atoms with Crippen LogP contribution in [0.2, 0.25) is 0 Å². The highest BCUT2D eigenvalue weighted by atomic mass is 16.6. The van der Waals surface area contributed by atoms with E-state index in [1.807, 2.05) is 0 Å². The molecule has 1 rings (SSSR count). The normalized spacial score (nSPS) is 38.7. The molecule has 100 valence electrons. The minimum atomic E-state index is -2.28. The van der Waals surface area contributed by atoms with E-state index in [1.165, 1.54) is 0 Å². The molecule has 0 spiro atoms. The SMILES string of the molecule is O=C(O)C(O)[C@H](O)[C@@H](O)[C@@H]1O[C@H](O)[C@H](O)[C@@H]1O. The van der Waals surface area contributed by atoms with Crippen molar-refractivity contribution in [2.45, 2.75) is 42.9 Å². The molecular formula is C8H14O9. The van der Waals surface area contributed by atoms with Crippen LogP contribution in [-0.4, -0.2) is 84.6 Å². The van der Waals surface area contributed by atoms with Crippen LogP contribution in [0.4, 0.5) is 0 Å². The summed E-state index contributed by atoms with van der Waals surface area (Å²) in [5.41, 5.74) is 0. The van der Waals surface area contributed by atoms with E-state index in [9.17, 15) is 20.1 Å². The average Bonchev–Trinajstić information content (AvgIpc) is 2.53. The molecule has 0 saturated carbocycles. The van der Waals surface area contributed by atoms with Gasteiger partial charge in [0.2, 0.25) is 0 Å². The molecule has 1 saturated heterocycles. The number of hydrogen-bond donors (Lipinski definition) is 7. The molecule has 0 aromatic rings. The number of aliphatic hydroxyl groups excluding tert-OH is 6. The van der Waals surface area contributed by atoms with E-state index in [2.05, 4.69) is 4.74 Å². The summed E-state index contributed by atoms with van der Waals surface area (Å²) in [4.78, 5) is 10.3. The number of carbonyl (C=O) groups is 1. The van der Waals surface area contributed by atoms with Gasteiger partial charge in [0.05, 0.1) is 0 Å². The molecule has 0 amide bonds. The highest BCUT2D eigenvalue weighted by molar-refractivity contribution is 5.72. The Morgan fingerprint density at radius 1 is 1.06 bits per heavy atom. The third-order valence-corrected chi connectivity index (χ3v) is 2.54. The van der Waals surface area contributed by atoms with E-state index >= 15 is 0 Å². The quantitative estimate of drug-likeness (QED) is 0.262. The highest BCUT2D eigenvalue weighted by Gasteiger charge is 2.48. The summed E-state index contributed by atoms with van der Waals surface area (Å²) in [5.74, 6) is -1.77. The van der Waals surface area contributed by atoms with Crippen LogP contribution in [0, 0.1) is 0 Å². The molecule has 9 nitrogen and oxygen atoms in total. The molecule has 7 N–H and O–H groups in total. The monoisotopic (exact) mass is 254 g/mol. The predicted octanol–water partition coefficient (Wildman–Crippen LogP) is -4.41. The fraction of sp³-hybridized carbons (Fsp3) is 0.875. The van der Waals surface area contributed by atoms with Crippen molar-refractivity contribution in [3.63, 3.8) is 0 Å². The standard InChI is InChI=1S/C8H14O9/c9-1(4(12)7(14)15)2(10)6-3(11)5(13)8(16)17-6/h1-6,8-13,16H,(H,14,15)/t1-,2-,3+,4?,5-,6+,8+/m1/s1.